The highest BCUT2D eigenvalue weighted by Gasteiger charge is 2.25. The molecule has 0 heterocycles. The quantitative estimate of drug-likeness (QED) is 0.705. The molecule has 1 aromatic carbocycles. The van der Waals surface area contributed by atoms with Crippen molar-refractivity contribution in [3.8, 4) is 0 Å². The van der Waals surface area contributed by atoms with E-state index in [1.165, 1.54) is 0 Å². The lowest BCUT2D eigenvalue weighted by Crippen LogP contribution is -2.48. The summed E-state index contributed by atoms with van der Waals surface area (Å²) in [6.07, 6.45) is 0.629. The van der Waals surface area contributed by atoms with Crippen molar-refractivity contribution in [2.45, 2.75) is 52.5 Å². The maximum absolute atomic E-state index is 12.1. The number of carboxylic acids is 1. The van der Waals surface area contributed by atoms with Crippen LogP contribution in [0.4, 0.5) is 0 Å². The Morgan fingerprint density at radius 2 is 1.68 bits per heavy atom. The molecule has 2 amide bonds. The Kier molecular flexibility index (Phi) is 7.15. The maximum atomic E-state index is 12.1. The summed E-state index contributed by atoms with van der Waals surface area (Å²) in [6.45, 7) is 9.61. The van der Waals surface area contributed by atoms with Gasteiger partial charge in [0.15, 0.2) is 0 Å². The molecule has 0 aliphatic heterocycles. The fraction of sp³-hybridized carbons (Fsp3) is 0.526. The molecule has 0 radical (unpaired) electrons. The number of hydrogen-bond donors (Lipinski definition) is 3. The second-order valence-corrected chi connectivity index (χ2v) is 7.28. The van der Waals surface area contributed by atoms with Crippen LogP contribution in [0.15, 0.2) is 24.3 Å². The summed E-state index contributed by atoms with van der Waals surface area (Å²) in [6, 6.07) is 6.25. The number of carbonyl (C=O) groups is 3. The summed E-state index contributed by atoms with van der Waals surface area (Å²) in [7, 11) is 0. The van der Waals surface area contributed by atoms with E-state index in [-0.39, 0.29) is 23.8 Å². The van der Waals surface area contributed by atoms with Crippen LogP contribution in [0.5, 0.6) is 0 Å². The molecule has 138 valence electrons. The highest BCUT2D eigenvalue weighted by molar-refractivity contribution is 5.96. The second-order valence-electron chi connectivity index (χ2n) is 7.28. The lowest BCUT2D eigenvalue weighted by atomic mass is 9.87. The van der Waals surface area contributed by atoms with Crippen LogP contribution in [-0.4, -0.2) is 35.5 Å². The molecule has 1 aromatic rings. The first kappa shape index (κ1) is 20.7. The third-order valence-electron chi connectivity index (χ3n) is 4.22. The maximum Gasteiger partial charge on any atom is 0.326 e. The Labute approximate surface area is 149 Å². The molecule has 3 N–H and O–H groups in total. The van der Waals surface area contributed by atoms with Gasteiger partial charge in [-0.2, -0.15) is 0 Å². The van der Waals surface area contributed by atoms with Crippen LogP contribution in [0.1, 0.15) is 57.0 Å². The van der Waals surface area contributed by atoms with E-state index in [2.05, 4.69) is 31.4 Å². The van der Waals surface area contributed by atoms with Gasteiger partial charge in [-0.1, -0.05) is 53.2 Å². The highest BCUT2D eigenvalue weighted by Crippen LogP contribution is 2.22. The summed E-state index contributed by atoms with van der Waals surface area (Å²) in [5, 5.41) is 14.1. The zero-order chi connectivity index (χ0) is 19.2. The van der Waals surface area contributed by atoms with E-state index in [1.54, 1.807) is 19.1 Å². The number of aliphatic carboxylic acids is 1. The van der Waals surface area contributed by atoms with E-state index in [4.69, 9.17) is 5.11 Å². The number of nitrogens with one attached hydrogen (secondary N) is 2. The fourth-order valence-electron chi connectivity index (χ4n) is 2.29. The summed E-state index contributed by atoms with van der Waals surface area (Å²) in [5.41, 5.74) is 1.56. The molecule has 25 heavy (non-hydrogen) atoms. The molecule has 2 atom stereocenters. The molecule has 0 fully saturated rings. The van der Waals surface area contributed by atoms with Crippen molar-refractivity contribution in [1.29, 1.82) is 0 Å². The van der Waals surface area contributed by atoms with E-state index in [9.17, 15) is 14.4 Å². The standard InChI is InChI=1S/C19H28N2O4/c1-6-12(2)16(18(24)25)21-15(22)11-20-17(23)13-7-9-14(10-8-13)19(3,4)5/h7-10,12,16H,6,11H2,1-5H3,(H,20,23)(H,21,22)(H,24,25). The number of carbonyl (C=O) groups excluding carboxylic acids is 2. The van der Waals surface area contributed by atoms with Gasteiger partial charge >= 0.3 is 5.97 Å². The number of benzene rings is 1. The molecule has 0 aromatic heterocycles. The van der Waals surface area contributed by atoms with Crippen LogP contribution >= 0.6 is 0 Å². The largest absolute Gasteiger partial charge is 0.480 e. The third kappa shape index (κ3) is 6.21. The van der Waals surface area contributed by atoms with Crippen molar-refractivity contribution < 1.29 is 19.5 Å². The van der Waals surface area contributed by atoms with Gasteiger partial charge in [-0.3, -0.25) is 9.59 Å². The minimum atomic E-state index is -1.08. The Balaban J connectivity index is 2.61. The molecule has 2 unspecified atom stereocenters. The summed E-state index contributed by atoms with van der Waals surface area (Å²) >= 11 is 0. The Hall–Kier alpha value is -2.37. The lowest BCUT2D eigenvalue weighted by Gasteiger charge is -2.20. The molecule has 0 aliphatic carbocycles. The molecule has 1 rings (SSSR count). The topological polar surface area (TPSA) is 95.5 Å². The molecule has 0 saturated heterocycles. The fourth-order valence-corrected chi connectivity index (χ4v) is 2.29. The predicted octanol–water partition coefficient (Wildman–Crippen LogP) is 2.33. The van der Waals surface area contributed by atoms with Crippen molar-refractivity contribution in [2.75, 3.05) is 6.54 Å². The zero-order valence-corrected chi connectivity index (χ0v) is 15.6. The number of hydrogen-bond acceptors (Lipinski definition) is 3. The van der Waals surface area contributed by atoms with E-state index >= 15 is 0 Å². The van der Waals surface area contributed by atoms with Crippen LogP contribution in [0.25, 0.3) is 0 Å². The van der Waals surface area contributed by atoms with Gasteiger partial charge in [0.05, 0.1) is 6.54 Å². The summed E-state index contributed by atoms with van der Waals surface area (Å²) < 4.78 is 0. The third-order valence-corrected chi connectivity index (χ3v) is 4.22. The van der Waals surface area contributed by atoms with Crippen molar-refractivity contribution >= 4 is 17.8 Å². The minimum Gasteiger partial charge on any atom is -0.480 e. The number of amides is 2. The first-order valence-electron chi connectivity index (χ1n) is 8.47. The van der Waals surface area contributed by atoms with Gasteiger partial charge in [0.2, 0.25) is 5.91 Å². The minimum absolute atomic E-state index is 0.00327. The van der Waals surface area contributed by atoms with Gasteiger partial charge in [0.1, 0.15) is 6.04 Å². The van der Waals surface area contributed by atoms with Crippen molar-refractivity contribution in [3.05, 3.63) is 35.4 Å². The SMILES string of the molecule is CCC(C)C(NC(=O)CNC(=O)c1ccc(C(C)(C)C)cc1)C(=O)O. The zero-order valence-electron chi connectivity index (χ0n) is 15.6. The highest BCUT2D eigenvalue weighted by atomic mass is 16.4. The Bertz CT molecular complexity index is 617. The molecule has 0 aliphatic rings. The van der Waals surface area contributed by atoms with Crippen LogP contribution in [-0.2, 0) is 15.0 Å². The van der Waals surface area contributed by atoms with Gasteiger partial charge < -0.3 is 15.7 Å². The van der Waals surface area contributed by atoms with E-state index in [0.29, 0.717) is 12.0 Å². The van der Waals surface area contributed by atoms with Crippen molar-refractivity contribution in [2.24, 2.45) is 5.92 Å². The van der Waals surface area contributed by atoms with Gasteiger partial charge in [-0.15, -0.1) is 0 Å². The molecule has 0 spiro atoms. The monoisotopic (exact) mass is 348 g/mol. The van der Waals surface area contributed by atoms with Crippen LogP contribution in [0.2, 0.25) is 0 Å². The van der Waals surface area contributed by atoms with Crippen LogP contribution in [0, 0.1) is 5.92 Å². The van der Waals surface area contributed by atoms with Crippen molar-refractivity contribution in [1.82, 2.24) is 10.6 Å². The predicted molar refractivity (Wildman–Crippen MR) is 96.5 cm³/mol. The lowest BCUT2D eigenvalue weighted by molar-refractivity contribution is -0.143. The molecule has 6 heteroatoms. The molecular weight excluding hydrogens is 320 g/mol. The molecular formula is C19H28N2O4. The second kappa shape index (κ2) is 8.65. The van der Waals surface area contributed by atoms with E-state index in [0.717, 1.165) is 5.56 Å². The van der Waals surface area contributed by atoms with Crippen molar-refractivity contribution in [3.63, 3.8) is 0 Å². The molecule has 0 bridgehead atoms. The Morgan fingerprint density at radius 1 is 1.12 bits per heavy atom. The van der Waals surface area contributed by atoms with E-state index < -0.39 is 17.9 Å². The van der Waals surface area contributed by atoms with Gasteiger partial charge in [-0.05, 0) is 29.0 Å². The van der Waals surface area contributed by atoms with E-state index in [1.807, 2.05) is 19.1 Å². The Morgan fingerprint density at radius 3 is 2.12 bits per heavy atom. The van der Waals surface area contributed by atoms with Crippen LogP contribution in [0.3, 0.4) is 0 Å². The van der Waals surface area contributed by atoms with Gasteiger partial charge in [0.25, 0.3) is 5.91 Å². The van der Waals surface area contributed by atoms with Gasteiger partial charge in [-0.25, -0.2) is 4.79 Å². The van der Waals surface area contributed by atoms with Crippen LogP contribution < -0.4 is 10.6 Å². The van der Waals surface area contributed by atoms with Gasteiger partial charge in [0, 0.05) is 5.56 Å². The summed E-state index contributed by atoms with van der Waals surface area (Å²) in [5.74, 6) is -2.16. The molecule has 0 saturated carbocycles. The average molecular weight is 348 g/mol. The first-order chi connectivity index (χ1) is 11.6. The number of rotatable bonds is 7. The smallest absolute Gasteiger partial charge is 0.326 e. The summed E-state index contributed by atoms with van der Waals surface area (Å²) in [4.78, 5) is 35.2. The molecule has 6 nitrogen and oxygen atoms in total. The first-order valence-corrected chi connectivity index (χ1v) is 8.47. The number of carboxylic acid groups (broad SMARTS) is 1. The average Bonchev–Trinajstić information content (AvgIpc) is 2.55. The normalized spacial score (nSPS) is 13.6.